The standard InChI is InChI=1S/C11H18N2O3/c14-9-4-8(5-9)6-12-10(15)7-13-3-1-2-11(13)16/h8-9,14H,1-7H2,(H,12,15). The Morgan fingerprint density at radius 1 is 1.50 bits per heavy atom. The van der Waals surface area contributed by atoms with E-state index in [1.54, 1.807) is 4.90 Å². The monoisotopic (exact) mass is 226 g/mol. The zero-order valence-corrected chi connectivity index (χ0v) is 9.32. The number of nitrogens with zero attached hydrogens (tertiary/aromatic N) is 1. The molecule has 2 aliphatic rings. The molecule has 1 saturated carbocycles. The topological polar surface area (TPSA) is 69.6 Å². The molecular weight excluding hydrogens is 208 g/mol. The molecule has 0 radical (unpaired) electrons. The molecule has 1 aliphatic heterocycles. The molecule has 5 nitrogen and oxygen atoms in total. The summed E-state index contributed by atoms with van der Waals surface area (Å²) in [5.41, 5.74) is 0. The van der Waals surface area contributed by atoms with Crippen molar-refractivity contribution >= 4 is 11.8 Å². The molecule has 2 fully saturated rings. The molecule has 5 heteroatoms. The number of likely N-dealkylation sites (tertiary alicyclic amines) is 1. The molecule has 1 heterocycles. The van der Waals surface area contributed by atoms with Gasteiger partial charge in [-0.1, -0.05) is 0 Å². The average Bonchev–Trinajstić information content (AvgIpc) is 2.58. The lowest BCUT2D eigenvalue weighted by Crippen LogP contribution is -2.42. The lowest BCUT2D eigenvalue weighted by Gasteiger charge is -2.31. The predicted octanol–water partition coefficient (Wildman–Crippen LogP) is -0.504. The van der Waals surface area contributed by atoms with Crippen LogP contribution in [0.4, 0.5) is 0 Å². The number of aliphatic hydroxyl groups is 1. The normalized spacial score (nSPS) is 29.1. The highest BCUT2D eigenvalue weighted by Gasteiger charge is 2.28. The van der Waals surface area contributed by atoms with Crippen LogP contribution >= 0.6 is 0 Å². The lowest BCUT2D eigenvalue weighted by atomic mass is 9.82. The van der Waals surface area contributed by atoms with Crippen LogP contribution in [0.25, 0.3) is 0 Å². The molecule has 2 rings (SSSR count). The summed E-state index contributed by atoms with van der Waals surface area (Å²) in [6.07, 6.45) is 2.82. The van der Waals surface area contributed by atoms with Crippen LogP contribution < -0.4 is 5.32 Å². The SMILES string of the molecule is O=C(CN1CCCC1=O)NCC1CC(O)C1. The molecular formula is C11H18N2O3. The molecule has 0 unspecified atom stereocenters. The third-order valence-corrected chi connectivity index (χ3v) is 3.30. The summed E-state index contributed by atoms with van der Waals surface area (Å²) < 4.78 is 0. The quantitative estimate of drug-likeness (QED) is 0.678. The van der Waals surface area contributed by atoms with Gasteiger partial charge in [0.1, 0.15) is 0 Å². The molecule has 2 N–H and O–H groups in total. The molecule has 16 heavy (non-hydrogen) atoms. The number of amides is 2. The van der Waals surface area contributed by atoms with Gasteiger partial charge in [-0.05, 0) is 25.2 Å². The second-order valence-corrected chi connectivity index (χ2v) is 4.71. The summed E-state index contributed by atoms with van der Waals surface area (Å²) in [5, 5.41) is 11.9. The first-order valence-corrected chi connectivity index (χ1v) is 5.87. The Hall–Kier alpha value is -1.10. The Balaban J connectivity index is 1.62. The largest absolute Gasteiger partial charge is 0.393 e. The van der Waals surface area contributed by atoms with Crippen molar-refractivity contribution in [3.05, 3.63) is 0 Å². The highest BCUT2D eigenvalue weighted by atomic mass is 16.3. The third-order valence-electron chi connectivity index (χ3n) is 3.30. The summed E-state index contributed by atoms with van der Waals surface area (Å²) in [5.74, 6) is 0.402. The first-order valence-electron chi connectivity index (χ1n) is 5.87. The molecule has 0 aromatic rings. The number of rotatable bonds is 4. The van der Waals surface area contributed by atoms with Gasteiger partial charge in [-0.25, -0.2) is 0 Å². The maximum Gasteiger partial charge on any atom is 0.239 e. The van der Waals surface area contributed by atoms with Crippen molar-refractivity contribution in [2.75, 3.05) is 19.6 Å². The second kappa shape index (κ2) is 4.82. The Bertz CT molecular complexity index is 287. The van der Waals surface area contributed by atoms with Crippen LogP contribution in [-0.4, -0.2) is 47.6 Å². The highest BCUT2D eigenvalue weighted by molar-refractivity contribution is 5.85. The Labute approximate surface area is 94.8 Å². The fourth-order valence-corrected chi connectivity index (χ4v) is 2.23. The summed E-state index contributed by atoms with van der Waals surface area (Å²) in [6, 6.07) is 0. The molecule has 1 aliphatic carbocycles. The fourth-order valence-electron chi connectivity index (χ4n) is 2.23. The summed E-state index contributed by atoms with van der Waals surface area (Å²) in [4.78, 5) is 24.4. The average molecular weight is 226 g/mol. The van der Waals surface area contributed by atoms with E-state index in [0.717, 1.165) is 19.3 Å². The van der Waals surface area contributed by atoms with E-state index in [1.807, 2.05) is 0 Å². The van der Waals surface area contributed by atoms with Crippen molar-refractivity contribution in [2.45, 2.75) is 31.8 Å². The van der Waals surface area contributed by atoms with Crippen molar-refractivity contribution in [1.29, 1.82) is 0 Å². The summed E-state index contributed by atoms with van der Waals surface area (Å²) in [6.45, 7) is 1.51. The number of carbonyl (C=O) groups is 2. The lowest BCUT2D eigenvalue weighted by molar-refractivity contribution is -0.133. The van der Waals surface area contributed by atoms with Crippen LogP contribution in [-0.2, 0) is 9.59 Å². The van der Waals surface area contributed by atoms with Gasteiger partial charge >= 0.3 is 0 Å². The van der Waals surface area contributed by atoms with Gasteiger partial charge in [0.2, 0.25) is 11.8 Å². The molecule has 0 bridgehead atoms. The van der Waals surface area contributed by atoms with Crippen LogP contribution in [0.15, 0.2) is 0 Å². The summed E-state index contributed by atoms with van der Waals surface area (Å²) in [7, 11) is 0. The van der Waals surface area contributed by atoms with E-state index in [1.165, 1.54) is 0 Å². The first kappa shape index (κ1) is 11.4. The Kier molecular flexibility index (Phi) is 3.43. The van der Waals surface area contributed by atoms with Crippen LogP contribution in [0.2, 0.25) is 0 Å². The third kappa shape index (κ3) is 2.72. The van der Waals surface area contributed by atoms with Gasteiger partial charge in [-0.15, -0.1) is 0 Å². The van der Waals surface area contributed by atoms with Crippen LogP contribution in [0.1, 0.15) is 25.7 Å². The molecule has 1 saturated heterocycles. The van der Waals surface area contributed by atoms with Crippen LogP contribution in [0.5, 0.6) is 0 Å². The van der Waals surface area contributed by atoms with E-state index >= 15 is 0 Å². The molecule has 0 spiro atoms. The van der Waals surface area contributed by atoms with Gasteiger partial charge in [0, 0.05) is 19.5 Å². The second-order valence-electron chi connectivity index (χ2n) is 4.71. The molecule has 0 aromatic heterocycles. The van der Waals surface area contributed by atoms with Crippen LogP contribution in [0.3, 0.4) is 0 Å². The Morgan fingerprint density at radius 2 is 2.25 bits per heavy atom. The molecule has 2 amide bonds. The molecule has 0 atom stereocenters. The van der Waals surface area contributed by atoms with E-state index in [-0.39, 0.29) is 24.5 Å². The maximum atomic E-state index is 11.5. The van der Waals surface area contributed by atoms with Gasteiger partial charge in [-0.2, -0.15) is 0 Å². The van der Waals surface area contributed by atoms with Crippen molar-refractivity contribution < 1.29 is 14.7 Å². The Morgan fingerprint density at radius 3 is 2.81 bits per heavy atom. The van der Waals surface area contributed by atoms with Crippen LogP contribution in [0, 0.1) is 5.92 Å². The van der Waals surface area contributed by atoms with Gasteiger partial charge in [-0.3, -0.25) is 9.59 Å². The van der Waals surface area contributed by atoms with E-state index in [4.69, 9.17) is 5.11 Å². The smallest absolute Gasteiger partial charge is 0.239 e. The van der Waals surface area contributed by atoms with E-state index in [0.29, 0.717) is 25.4 Å². The summed E-state index contributed by atoms with van der Waals surface area (Å²) >= 11 is 0. The molecule has 0 aromatic carbocycles. The number of aliphatic hydroxyl groups excluding tert-OH is 1. The number of hydrogen-bond donors (Lipinski definition) is 2. The van der Waals surface area contributed by atoms with Gasteiger partial charge < -0.3 is 15.3 Å². The van der Waals surface area contributed by atoms with Crippen molar-refractivity contribution in [3.63, 3.8) is 0 Å². The number of carbonyl (C=O) groups excluding carboxylic acids is 2. The zero-order valence-electron chi connectivity index (χ0n) is 9.32. The van der Waals surface area contributed by atoms with Crippen molar-refractivity contribution in [2.24, 2.45) is 5.92 Å². The number of nitrogens with one attached hydrogen (secondary N) is 1. The minimum Gasteiger partial charge on any atom is -0.393 e. The minimum atomic E-state index is -0.179. The van der Waals surface area contributed by atoms with Crippen molar-refractivity contribution in [3.8, 4) is 0 Å². The van der Waals surface area contributed by atoms with Gasteiger partial charge in [0.25, 0.3) is 0 Å². The number of hydrogen-bond acceptors (Lipinski definition) is 3. The zero-order chi connectivity index (χ0) is 11.5. The minimum absolute atomic E-state index is 0.0780. The predicted molar refractivity (Wildman–Crippen MR) is 57.6 cm³/mol. The first-order chi connectivity index (χ1) is 7.65. The van der Waals surface area contributed by atoms with E-state index in [9.17, 15) is 9.59 Å². The van der Waals surface area contributed by atoms with Gasteiger partial charge in [0.15, 0.2) is 0 Å². The van der Waals surface area contributed by atoms with E-state index < -0.39 is 0 Å². The maximum absolute atomic E-state index is 11.5. The fraction of sp³-hybridized carbons (Fsp3) is 0.818. The highest BCUT2D eigenvalue weighted by Crippen LogP contribution is 2.25. The van der Waals surface area contributed by atoms with E-state index in [2.05, 4.69) is 5.32 Å². The van der Waals surface area contributed by atoms with Gasteiger partial charge in [0.05, 0.1) is 12.6 Å². The van der Waals surface area contributed by atoms with Crippen molar-refractivity contribution in [1.82, 2.24) is 10.2 Å². The molecule has 90 valence electrons.